The predicted octanol–water partition coefficient (Wildman–Crippen LogP) is 2.70. The zero-order chi connectivity index (χ0) is 18.0. The van der Waals surface area contributed by atoms with Gasteiger partial charge in [0.2, 0.25) is 5.91 Å². The Bertz CT molecular complexity index is 620. The molecule has 2 aliphatic heterocycles. The second-order valence-electron chi connectivity index (χ2n) is 7.69. The minimum absolute atomic E-state index is 0.0386. The number of amides is 1. The molecule has 1 aromatic rings. The summed E-state index contributed by atoms with van der Waals surface area (Å²) in [6.07, 6.45) is 2.49. The molecule has 2 fully saturated rings. The predicted molar refractivity (Wildman–Crippen MR) is 96.2 cm³/mol. The maximum atomic E-state index is 12.5. The van der Waals surface area contributed by atoms with E-state index in [-0.39, 0.29) is 18.4 Å². The molecule has 2 heterocycles. The molecule has 25 heavy (non-hydrogen) atoms. The molecule has 1 amide bonds. The van der Waals surface area contributed by atoms with Crippen molar-refractivity contribution in [1.29, 1.82) is 0 Å². The van der Waals surface area contributed by atoms with Gasteiger partial charge < -0.3 is 14.9 Å². The van der Waals surface area contributed by atoms with Crippen molar-refractivity contribution in [2.75, 3.05) is 26.2 Å². The summed E-state index contributed by atoms with van der Waals surface area (Å²) in [5.74, 6) is -0.727. The zero-order valence-corrected chi connectivity index (χ0v) is 15.1. The molecule has 0 saturated carbocycles. The maximum Gasteiger partial charge on any atom is 0.308 e. The van der Waals surface area contributed by atoms with E-state index in [2.05, 4.69) is 36.1 Å². The van der Waals surface area contributed by atoms with E-state index in [1.807, 2.05) is 6.92 Å². The van der Waals surface area contributed by atoms with Gasteiger partial charge in [0.25, 0.3) is 0 Å². The molecule has 5 heteroatoms. The SMILES string of the molecule is Cc1ccc(C(CN2CCC(C)CC2)N2CC(C(=O)O)CC2=O)cc1. The average molecular weight is 344 g/mol. The largest absolute Gasteiger partial charge is 0.481 e. The normalized spacial score (nSPS) is 23.8. The lowest BCUT2D eigenvalue weighted by Crippen LogP contribution is -2.42. The van der Waals surface area contributed by atoms with Gasteiger partial charge in [-0.15, -0.1) is 0 Å². The lowest BCUT2D eigenvalue weighted by Gasteiger charge is -2.36. The van der Waals surface area contributed by atoms with Gasteiger partial charge in [-0.1, -0.05) is 36.8 Å². The molecule has 1 aromatic carbocycles. The number of aliphatic carboxylic acids is 1. The summed E-state index contributed by atoms with van der Waals surface area (Å²) in [5, 5.41) is 9.30. The van der Waals surface area contributed by atoms with Crippen molar-refractivity contribution in [3.63, 3.8) is 0 Å². The standard InChI is InChI=1S/C20H28N2O3/c1-14-3-5-16(6-4-14)18(13-21-9-7-15(2)8-10-21)22-12-17(20(24)25)11-19(22)23/h3-6,15,17-18H,7-13H2,1-2H3,(H,24,25). The molecule has 1 N–H and O–H groups in total. The molecule has 136 valence electrons. The van der Waals surface area contributed by atoms with E-state index in [1.165, 1.54) is 18.4 Å². The molecule has 0 bridgehead atoms. The Labute approximate surface area is 149 Å². The van der Waals surface area contributed by atoms with E-state index in [4.69, 9.17) is 0 Å². The van der Waals surface area contributed by atoms with Crippen LogP contribution in [0.1, 0.15) is 43.4 Å². The fraction of sp³-hybridized carbons (Fsp3) is 0.600. The number of hydrogen-bond donors (Lipinski definition) is 1. The van der Waals surface area contributed by atoms with Gasteiger partial charge in [0.15, 0.2) is 0 Å². The van der Waals surface area contributed by atoms with Crippen molar-refractivity contribution in [2.24, 2.45) is 11.8 Å². The zero-order valence-electron chi connectivity index (χ0n) is 15.1. The van der Waals surface area contributed by atoms with Crippen molar-refractivity contribution in [3.8, 4) is 0 Å². The minimum atomic E-state index is -0.870. The molecule has 5 nitrogen and oxygen atoms in total. The number of carbonyl (C=O) groups is 2. The van der Waals surface area contributed by atoms with Gasteiger partial charge in [-0.05, 0) is 44.3 Å². The molecule has 0 radical (unpaired) electrons. The van der Waals surface area contributed by atoms with Gasteiger partial charge in [-0.3, -0.25) is 9.59 Å². The third kappa shape index (κ3) is 4.21. The lowest BCUT2D eigenvalue weighted by molar-refractivity contribution is -0.141. The first-order valence-corrected chi connectivity index (χ1v) is 9.25. The number of piperidine rings is 1. The van der Waals surface area contributed by atoms with E-state index in [0.717, 1.165) is 31.1 Å². The van der Waals surface area contributed by atoms with Gasteiger partial charge in [0.05, 0.1) is 12.0 Å². The van der Waals surface area contributed by atoms with E-state index >= 15 is 0 Å². The van der Waals surface area contributed by atoms with E-state index in [9.17, 15) is 14.7 Å². The van der Waals surface area contributed by atoms with Crippen LogP contribution in [-0.4, -0.2) is 53.0 Å². The molecule has 0 spiro atoms. The molecule has 0 aliphatic carbocycles. The van der Waals surface area contributed by atoms with Crippen LogP contribution in [0.4, 0.5) is 0 Å². The van der Waals surface area contributed by atoms with Crippen LogP contribution in [0.3, 0.4) is 0 Å². The van der Waals surface area contributed by atoms with Crippen LogP contribution < -0.4 is 0 Å². The number of nitrogens with zero attached hydrogens (tertiary/aromatic N) is 2. The Morgan fingerprint density at radius 3 is 2.44 bits per heavy atom. The van der Waals surface area contributed by atoms with E-state index in [0.29, 0.717) is 6.54 Å². The number of carboxylic acids is 1. The van der Waals surface area contributed by atoms with Gasteiger partial charge in [-0.2, -0.15) is 0 Å². The Hall–Kier alpha value is -1.88. The first kappa shape index (κ1) is 17.9. The topological polar surface area (TPSA) is 60.9 Å². The summed E-state index contributed by atoms with van der Waals surface area (Å²) in [5.41, 5.74) is 2.29. The van der Waals surface area contributed by atoms with Crippen LogP contribution in [-0.2, 0) is 9.59 Å². The minimum Gasteiger partial charge on any atom is -0.481 e. The fourth-order valence-corrected chi connectivity index (χ4v) is 3.86. The van der Waals surface area contributed by atoms with Crippen LogP contribution in [0.2, 0.25) is 0 Å². The van der Waals surface area contributed by atoms with Crippen LogP contribution in [0, 0.1) is 18.8 Å². The number of rotatable bonds is 5. The fourth-order valence-electron chi connectivity index (χ4n) is 3.86. The van der Waals surface area contributed by atoms with Crippen LogP contribution in [0.5, 0.6) is 0 Å². The average Bonchev–Trinajstić information content (AvgIpc) is 2.97. The van der Waals surface area contributed by atoms with Crippen LogP contribution in [0.25, 0.3) is 0 Å². The van der Waals surface area contributed by atoms with Crippen molar-refractivity contribution in [2.45, 2.75) is 39.2 Å². The van der Waals surface area contributed by atoms with Crippen molar-refractivity contribution < 1.29 is 14.7 Å². The lowest BCUT2D eigenvalue weighted by atomic mass is 9.97. The molecule has 0 aromatic heterocycles. The molecular weight excluding hydrogens is 316 g/mol. The Kier molecular flexibility index (Phi) is 5.42. The Morgan fingerprint density at radius 1 is 1.24 bits per heavy atom. The third-order valence-electron chi connectivity index (χ3n) is 5.65. The highest BCUT2D eigenvalue weighted by Crippen LogP contribution is 2.31. The Morgan fingerprint density at radius 2 is 1.88 bits per heavy atom. The summed E-state index contributed by atoms with van der Waals surface area (Å²) < 4.78 is 0. The van der Waals surface area contributed by atoms with E-state index < -0.39 is 11.9 Å². The van der Waals surface area contributed by atoms with Crippen LogP contribution in [0.15, 0.2) is 24.3 Å². The quantitative estimate of drug-likeness (QED) is 0.892. The Balaban J connectivity index is 1.80. The van der Waals surface area contributed by atoms with E-state index in [1.54, 1.807) is 4.90 Å². The summed E-state index contributed by atoms with van der Waals surface area (Å²) in [6, 6.07) is 8.22. The molecule has 2 unspecified atom stereocenters. The highest BCUT2D eigenvalue weighted by molar-refractivity contribution is 5.86. The number of aryl methyl sites for hydroxylation is 1. The number of hydrogen-bond acceptors (Lipinski definition) is 3. The first-order valence-electron chi connectivity index (χ1n) is 9.25. The number of benzene rings is 1. The van der Waals surface area contributed by atoms with Gasteiger partial charge >= 0.3 is 5.97 Å². The molecule has 2 saturated heterocycles. The second-order valence-corrected chi connectivity index (χ2v) is 7.69. The summed E-state index contributed by atoms with van der Waals surface area (Å²) >= 11 is 0. The number of likely N-dealkylation sites (tertiary alicyclic amines) is 2. The van der Waals surface area contributed by atoms with Gasteiger partial charge in [0, 0.05) is 19.5 Å². The smallest absolute Gasteiger partial charge is 0.308 e. The summed E-state index contributed by atoms with van der Waals surface area (Å²) in [4.78, 5) is 28.1. The molecular formula is C20H28N2O3. The number of carbonyl (C=O) groups excluding carboxylic acids is 1. The van der Waals surface area contributed by atoms with Crippen LogP contribution >= 0.6 is 0 Å². The molecule has 2 aliphatic rings. The third-order valence-corrected chi connectivity index (χ3v) is 5.65. The van der Waals surface area contributed by atoms with Gasteiger partial charge in [0.1, 0.15) is 0 Å². The maximum absolute atomic E-state index is 12.5. The summed E-state index contributed by atoms with van der Waals surface area (Å²) in [6.45, 7) is 7.54. The van der Waals surface area contributed by atoms with Gasteiger partial charge in [-0.25, -0.2) is 0 Å². The first-order chi connectivity index (χ1) is 11.9. The molecule has 2 atom stereocenters. The summed E-state index contributed by atoms with van der Waals surface area (Å²) in [7, 11) is 0. The second kappa shape index (κ2) is 7.56. The van der Waals surface area contributed by atoms with Crippen molar-refractivity contribution in [3.05, 3.63) is 35.4 Å². The highest BCUT2D eigenvalue weighted by Gasteiger charge is 2.39. The number of carboxylic acid groups (broad SMARTS) is 1. The van der Waals surface area contributed by atoms with Crippen molar-refractivity contribution >= 4 is 11.9 Å². The monoisotopic (exact) mass is 344 g/mol. The molecule has 3 rings (SSSR count). The van der Waals surface area contributed by atoms with Crippen molar-refractivity contribution in [1.82, 2.24) is 9.80 Å². The highest BCUT2D eigenvalue weighted by atomic mass is 16.4.